The number of allylic oxidation sites excluding steroid dienone is 4. The maximum Gasteiger partial charge on any atom is 0.0130 e. The normalized spacial score (nSPS) is 18.5. The van der Waals surface area contributed by atoms with E-state index >= 15 is 0 Å². The predicted octanol–water partition coefficient (Wildman–Crippen LogP) is 6.15. The van der Waals surface area contributed by atoms with Crippen molar-refractivity contribution in [3.8, 4) is 0 Å². The van der Waals surface area contributed by atoms with Crippen LogP contribution in [0.25, 0.3) is 5.57 Å². The van der Waals surface area contributed by atoms with Crippen LogP contribution in [0.4, 0.5) is 0 Å². The Morgan fingerprint density at radius 1 is 1.05 bits per heavy atom. The van der Waals surface area contributed by atoms with E-state index in [0.29, 0.717) is 0 Å². The zero-order valence-electron chi connectivity index (χ0n) is 13.4. The van der Waals surface area contributed by atoms with Gasteiger partial charge in [0.2, 0.25) is 0 Å². The van der Waals surface area contributed by atoms with E-state index in [1.165, 1.54) is 31.4 Å². The Balaban J connectivity index is 2.00. The summed E-state index contributed by atoms with van der Waals surface area (Å²) in [6, 6.07) is 17.6. The third-order valence-corrected chi connectivity index (χ3v) is 5.41. The highest BCUT2D eigenvalue weighted by atomic mass is 127. The first-order valence-corrected chi connectivity index (χ1v) is 8.82. The van der Waals surface area contributed by atoms with Gasteiger partial charge in [0.1, 0.15) is 0 Å². The summed E-state index contributed by atoms with van der Waals surface area (Å²) in [7, 11) is 0. The molecule has 2 aromatic carbocycles. The van der Waals surface area contributed by atoms with Crippen LogP contribution in [-0.2, 0) is 11.8 Å². The summed E-state index contributed by atoms with van der Waals surface area (Å²) in [6.45, 7) is 6.80. The lowest BCUT2D eigenvalue weighted by atomic mass is 9.81. The molecule has 0 heterocycles. The summed E-state index contributed by atoms with van der Waals surface area (Å²) >= 11 is 2.35. The highest BCUT2D eigenvalue weighted by molar-refractivity contribution is 14.1. The molecule has 112 valence electrons. The second-order valence-corrected chi connectivity index (χ2v) is 7.63. The van der Waals surface area contributed by atoms with E-state index in [9.17, 15) is 0 Å². The molecular weight excluding hydrogens is 379 g/mol. The Hall–Kier alpha value is -1.35. The molecule has 22 heavy (non-hydrogen) atoms. The second kappa shape index (κ2) is 6.04. The van der Waals surface area contributed by atoms with Gasteiger partial charge in [-0.15, -0.1) is 0 Å². The minimum absolute atomic E-state index is 0.119. The molecule has 0 saturated heterocycles. The average Bonchev–Trinajstić information content (AvgIpc) is 2.77. The van der Waals surface area contributed by atoms with Gasteiger partial charge in [-0.1, -0.05) is 68.0 Å². The summed E-state index contributed by atoms with van der Waals surface area (Å²) in [5.41, 5.74) is 7.17. The first-order chi connectivity index (χ1) is 10.5. The van der Waals surface area contributed by atoms with Crippen molar-refractivity contribution in [3.63, 3.8) is 0 Å². The molecule has 0 unspecified atom stereocenters. The number of hydrogen-bond acceptors (Lipinski definition) is 0. The molecule has 0 saturated carbocycles. The zero-order chi connectivity index (χ0) is 15.7. The lowest BCUT2D eigenvalue weighted by molar-refractivity contribution is 0.644. The number of halogens is 1. The number of hydrogen-bond donors (Lipinski definition) is 0. The molecule has 0 spiro atoms. The summed E-state index contributed by atoms with van der Waals surface area (Å²) in [5.74, 6) is 0. The van der Waals surface area contributed by atoms with Gasteiger partial charge in [0, 0.05) is 8.99 Å². The topological polar surface area (TPSA) is 0 Å². The molecule has 0 bridgehead atoms. The molecule has 1 aliphatic rings. The first-order valence-electron chi connectivity index (χ1n) is 7.74. The maximum atomic E-state index is 2.39. The van der Waals surface area contributed by atoms with E-state index in [0.717, 1.165) is 6.42 Å². The SMILES string of the molecule is C/C=C(\C=C1/Cc2ccccc2C1(C)C)c1ccc(I)cc1. The molecule has 0 radical (unpaired) electrons. The number of fused-ring (bicyclic) bond motifs is 1. The average molecular weight is 400 g/mol. The van der Waals surface area contributed by atoms with Crippen molar-refractivity contribution in [3.05, 3.63) is 86.5 Å². The Labute approximate surface area is 147 Å². The molecule has 0 aromatic heterocycles. The predicted molar refractivity (Wildman–Crippen MR) is 104 cm³/mol. The second-order valence-electron chi connectivity index (χ2n) is 6.38. The van der Waals surface area contributed by atoms with Crippen LogP contribution in [-0.4, -0.2) is 0 Å². The largest absolute Gasteiger partial charge is 0.0798 e. The molecule has 1 aliphatic carbocycles. The van der Waals surface area contributed by atoms with E-state index < -0.39 is 0 Å². The highest BCUT2D eigenvalue weighted by Crippen LogP contribution is 2.43. The van der Waals surface area contributed by atoms with E-state index in [-0.39, 0.29) is 5.41 Å². The molecule has 1 heteroatoms. The molecule has 0 N–H and O–H groups in total. The maximum absolute atomic E-state index is 2.39. The molecule has 0 atom stereocenters. The molecule has 3 rings (SSSR count). The van der Waals surface area contributed by atoms with Crippen molar-refractivity contribution < 1.29 is 0 Å². The standard InChI is InChI=1S/C21H21I/c1-4-15(16-9-11-19(22)12-10-16)13-18-14-17-7-5-6-8-20(17)21(18,2)3/h4-13H,14H2,1-3H3/b15-4+,18-13+. The van der Waals surface area contributed by atoms with E-state index in [1.807, 2.05) is 0 Å². The fourth-order valence-corrected chi connectivity index (χ4v) is 3.64. The van der Waals surface area contributed by atoms with Gasteiger partial charge in [0.05, 0.1) is 0 Å². The van der Waals surface area contributed by atoms with Crippen LogP contribution in [0.3, 0.4) is 0 Å². The number of benzene rings is 2. The van der Waals surface area contributed by atoms with Gasteiger partial charge in [-0.25, -0.2) is 0 Å². The molecule has 0 amide bonds. The minimum atomic E-state index is 0.119. The van der Waals surface area contributed by atoms with E-state index in [2.05, 4.69) is 104 Å². The highest BCUT2D eigenvalue weighted by Gasteiger charge is 2.33. The van der Waals surface area contributed by atoms with Crippen LogP contribution >= 0.6 is 22.6 Å². The summed E-state index contributed by atoms with van der Waals surface area (Å²) in [4.78, 5) is 0. The van der Waals surface area contributed by atoms with Gasteiger partial charge in [-0.05, 0) is 70.3 Å². The van der Waals surface area contributed by atoms with Crippen molar-refractivity contribution in [1.29, 1.82) is 0 Å². The quantitative estimate of drug-likeness (QED) is 0.530. The molecule has 0 fully saturated rings. The van der Waals surface area contributed by atoms with Gasteiger partial charge in [-0.3, -0.25) is 0 Å². The molecule has 2 aromatic rings. The van der Waals surface area contributed by atoms with Gasteiger partial charge in [-0.2, -0.15) is 0 Å². The minimum Gasteiger partial charge on any atom is -0.0798 e. The van der Waals surface area contributed by atoms with Crippen molar-refractivity contribution in [2.75, 3.05) is 0 Å². The van der Waals surface area contributed by atoms with Gasteiger partial charge < -0.3 is 0 Å². The Bertz CT molecular complexity index is 746. The van der Waals surface area contributed by atoms with Gasteiger partial charge >= 0.3 is 0 Å². The third kappa shape index (κ3) is 2.79. The van der Waals surface area contributed by atoms with E-state index in [4.69, 9.17) is 0 Å². The molecular formula is C21H21I. The van der Waals surface area contributed by atoms with Crippen LogP contribution in [0.5, 0.6) is 0 Å². The number of rotatable bonds is 2. The van der Waals surface area contributed by atoms with Crippen LogP contribution in [0.2, 0.25) is 0 Å². The fourth-order valence-electron chi connectivity index (χ4n) is 3.28. The monoisotopic (exact) mass is 400 g/mol. The van der Waals surface area contributed by atoms with Crippen LogP contribution in [0, 0.1) is 3.57 Å². The summed E-state index contributed by atoms with van der Waals surface area (Å²) < 4.78 is 1.28. The van der Waals surface area contributed by atoms with Crippen molar-refractivity contribution >= 4 is 28.2 Å². The van der Waals surface area contributed by atoms with Crippen molar-refractivity contribution in [2.45, 2.75) is 32.6 Å². The van der Waals surface area contributed by atoms with Gasteiger partial charge in [0.25, 0.3) is 0 Å². The molecule has 0 aliphatic heterocycles. The summed E-state index contributed by atoms with van der Waals surface area (Å²) in [6.07, 6.45) is 5.67. The smallest absolute Gasteiger partial charge is 0.0130 e. The van der Waals surface area contributed by atoms with Gasteiger partial charge in [0.15, 0.2) is 0 Å². The lowest BCUT2D eigenvalue weighted by Gasteiger charge is -2.22. The lowest BCUT2D eigenvalue weighted by Crippen LogP contribution is -2.15. The van der Waals surface area contributed by atoms with E-state index in [1.54, 1.807) is 0 Å². The van der Waals surface area contributed by atoms with Crippen molar-refractivity contribution in [2.24, 2.45) is 0 Å². The zero-order valence-corrected chi connectivity index (χ0v) is 15.5. The third-order valence-electron chi connectivity index (χ3n) is 4.69. The van der Waals surface area contributed by atoms with Crippen molar-refractivity contribution in [1.82, 2.24) is 0 Å². The van der Waals surface area contributed by atoms with Crippen LogP contribution in [0.1, 0.15) is 37.5 Å². The van der Waals surface area contributed by atoms with Crippen LogP contribution < -0.4 is 0 Å². The Morgan fingerprint density at radius 3 is 2.36 bits per heavy atom. The first kappa shape index (κ1) is 15.5. The van der Waals surface area contributed by atoms with Crippen LogP contribution in [0.15, 0.2) is 66.3 Å². The fraction of sp³-hybridized carbons (Fsp3) is 0.238. The Morgan fingerprint density at radius 2 is 1.73 bits per heavy atom. The summed E-state index contributed by atoms with van der Waals surface area (Å²) in [5, 5.41) is 0. The molecule has 0 nitrogen and oxygen atoms in total. The Kier molecular flexibility index (Phi) is 4.26.